The zero-order valence-corrected chi connectivity index (χ0v) is 17.3. The second-order valence-electron chi connectivity index (χ2n) is 7.58. The Hall–Kier alpha value is -3.63. The molecule has 1 amide bonds. The third kappa shape index (κ3) is 4.03. The monoisotopic (exact) mass is 427 g/mol. The van der Waals surface area contributed by atoms with Gasteiger partial charge in [0.15, 0.2) is 5.82 Å². The first kappa shape index (κ1) is 20.6. The number of halogens is 1. The normalized spacial score (nSPS) is 13.5. The average molecular weight is 427 g/mol. The van der Waals surface area contributed by atoms with Crippen LogP contribution >= 0.6 is 0 Å². The first-order valence-electron chi connectivity index (χ1n) is 10.1. The van der Waals surface area contributed by atoms with Crippen LogP contribution in [0, 0.1) is 29.8 Å². The van der Waals surface area contributed by atoms with Crippen LogP contribution in [-0.2, 0) is 24.3 Å². The van der Waals surface area contributed by atoms with Crippen molar-refractivity contribution in [2.75, 3.05) is 5.32 Å². The van der Waals surface area contributed by atoms with Gasteiger partial charge in [0.25, 0.3) is 0 Å². The lowest BCUT2D eigenvalue weighted by Gasteiger charge is -2.11. The molecule has 0 radical (unpaired) electrons. The number of benzene rings is 1. The van der Waals surface area contributed by atoms with E-state index in [4.69, 9.17) is 0 Å². The Balaban J connectivity index is 1.56. The second kappa shape index (κ2) is 8.25. The van der Waals surface area contributed by atoms with E-state index in [1.54, 1.807) is 6.92 Å². The molecule has 0 saturated heterocycles. The minimum atomic E-state index is -0.514. The van der Waals surface area contributed by atoms with Crippen LogP contribution in [0.2, 0.25) is 0 Å². The molecule has 2 aromatic heterocycles. The summed E-state index contributed by atoms with van der Waals surface area (Å²) in [4.78, 5) is 23.1. The van der Waals surface area contributed by atoms with Crippen LogP contribution in [0.15, 0.2) is 18.2 Å². The van der Waals surface area contributed by atoms with Crippen molar-refractivity contribution in [2.45, 2.75) is 52.6 Å². The highest BCUT2D eigenvalue weighted by Gasteiger charge is 2.23. The number of hydrogen-bond acceptors (Lipinski definition) is 6. The topological polar surface area (TPSA) is 121 Å². The van der Waals surface area contributed by atoms with Gasteiger partial charge < -0.3 is 9.88 Å². The first-order valence-corrected chi connectivity index (χ1v) is 10.1. The molecule has 0 spiro atoms. The van der Waals surface area contributed by atoms with Gasteiger partial charge in [-0.1, -0.05) is 6.42 Å². The van der Waals surface area contributed by atoms with E-state index in [-0.39, 0.29) is 23.5 Å². The summed E-state index contributed by atoms with van der Waals surface area (Å²) in [5.74, 6) is 0.400. The van der Waals surface area contributed by atoms with Crippen LogP contribution < -0.4 is 5.32 Å². The number of aromatic nitrogens is 5. The van der Waals surface area contributed by atoms with Crippen molar-refractivity contribution in [1.82, 2.24) is 24.5 Å². The Morgan fingerprint density at radius 2 is 2.06 bits per heavy atom. The Morgan fingerprint density at radius 3 is 2.81 bits per heavy atom. The van der Waals surface area contributed by atoms with Gasteiger partial charge in [0.2, 0.25) is 5.91 Å². The van der Waals surface area contributed by atoms with Crippen LogP contribution in [0.4, 0.5) is 15.8 Å². The van der Waals surface area contributed by atoms with Crippen LogP contribution in [0.5, 0.6) is 0 Å². The third-order valence-electron chi connectivity index (χ3n) is 5.42. The highest BCUT2D eigenvalue weighted by molar-refractivity contribution is 5.91. The summed E-state index contributed by atoms with van der Waals surface area (Å²) in [7, 11) is 0. The van der Waals surface area contributed by atoms with Gasteiger partial charge >= 0.3 is 5.69 Å². The number of nitrogens with one attached hydrogen (secondary N) is 1. The maximum atomic E-state index is 14.6. The number of nitro groups is 1. The fourth-order valence-corrected chi connectivity index (χ4v) is 3.90. The van der Waals surface area contributed by atoms with Crippen LogP contribution in [0.25, 0.3) is 11.4 Å². The van der Waals surface area contributed by atoms with E-state index in [1.165, 1.54) is 29.8 Å². The molecular formula is C20H22FN7O3. The van der Waals surface area contributed by atoms with Crippen molar-refractivity contribution in [2.24, 2.45) is 0 Å². The number of fused-ring (bicyclic) bond motifs is 1. The van der Waals surface area contributed by atoms with E-state index in [2.05, 4.69) is 20.6 Å². The van der Waals surface area contributed by atoms with E-state index in [0.29, 0.717) is 17.2 Å². The minimum Gasteiger partial charge on any atom is -0.324 e. The number of anilines is 1. The third-order valence-corrected chi connectivity index (χ3v) is 5.42. The average Bonchev–Trinajstić information content (AvgIpc) is 3.13. The molecule has 3 heterocycles. The summed E-state index contributed by atoms with van der Waals surface area (Å²) in [5, 5.41) is 26.3. The second-order valence-corrected chi connectivity index (χ2v) is 7.58. The lowest BCUT2D eigenvalue weighted by atomic mass is 10.1. The van der Waals surface area contributed by atoms with Gasteiger partial charge in [-0.2, -0.15) is 5.10 Å². The lowest BCUT2D eigenvalue weighted by Crippen LogP contribution is -2.20. The van der Waals surface area contributed by atoms with E-state index in [9.17, 15) is 19.3 Å². The Kier molecular flexibility index (Phi) is 5.49. The van der Waals surface area contributed by atoms with Gasteiger partial charge in [-0.3, -0.25) is 19.6 Å². The fourth-order valence-electron chi connectivity index (χ4n) is 3.90. The van der Waals surface area contributed by atoms with Gasteiger partial charge in [-0.15, -0.1) is 10.2 Å². The van der Waals surface area contributed by atoms with Crippen LogP contribution in [-0.4, -0.2) is 35.4 Å². The summed E-state index contributed by atoms with van der Waals surface area (Å²) in [6.07, 6.45) is 3.90. The van der Waals surface area contributed by atoms with Crippen molar-refractivity contribution in [3.8, 4) is 11.4 Å². The van der Waals surface area contributed by atoms with Crippen molar-refractivity contribution < 1.29 is 14.1 Å². The zero-order chi connectivity index (χ0) is 22.1. The Bertz CT molecular complexity index is 1170. The standard InChI is InChI=1S/C20H22FN7O3/c1-12-19(28(30)31)13(2)27(25-12)11-18(29)22-14-7-8-16(21)15(10-14)20-24-23-17-6-4-3-5-9-26(17)20/h7-8,10H,3-6,9,11H2,1-2H3,(H,22,29). The predicted molar refractivity (Wildman–Crippen MR) is 110 cm³/mol. The summed E-state index contributed by atoms with van der Waals surface area (Å²) >= 11 is 0. The minimum absolute atomic E-state index is 0.107. The number of amides is 1. The summed E-state index contributed by atoms with van der Waals surface area (Å²) < 4.78 is 17.8. The van der Waals surface area contributed by atoms with Crippen molar-refractivity contribution in [1.29, 1.82) is 0 Å². The van der Waals surface area contributed by atoms with Gasteiger partial charge in [0.1, 0.15) is 29.6 Å². The van der Waals surface area contributed by atoms with Gasteiger partial charge in [0.05, 0.1) is 10.5 Å². The molecule has 162 valence electrons. The lowest BCUT2D eigenvalue weighted by molar-refractivity contribution is -0.386. The number of carbonyl (C=O) groups is 1. The molecule has 4 rings (SSSR count). The molecule has 31 heavy (non-hydrogen) atoms. The molecular weight excluding hydrogens is 405 g/mol. The molecule has 1 N–H and O–H groups in total. The van der Waals surface area contributed by atoms with E-state index in [0.717, 1.165) is 38.1 Å². The Morgan fingerprint density at radius 1 is 1.26 bits per heavy atom. The van der Waals surface area contributed by atoms with E-state index < -0.39 is 16.6 Å². The predicted octanol–water partition coefficient (Wildman–Crippen LogP) is 3.17. The molecule has 0 aliphatic carbocycles. The largest absolute Gasteiger partial charge is 0.324 e. The number of nitrogens with zero attached hydrogens (tertiary/aromatic N) is 6. The summed E-state index contributed by atoms with van der Waals surface area (Å²) in [5.41, 5.74) is 1.09. The quantitative estimate of drug-likeness (QED) is 0.493. The molecule has 11 heteroatoms. The van der Waals surface area contributed by atoms with E-state index >= 15 is 0 Å². The Labute approximate surface area is 177 Å². The highest BCUT2D eigenvalue weighted by atomic mass is 19.1. The smallest absolute Gasteiger partial charge is 0.312 e. The molecule has 0 unspecified atom stereocenters. The number of hydrogen-bond donors (Lipinski definition) is 1. The SMILES string of the molecule is Cc1nn(CC(=O)Nc2ccc(F)c(-c3nnc4n3CCCCC4)c2)c(C)c1[N+](=O)[O-]. The van der Waals surface area contributed by atoms with Gasteiger partial charge in [-0.05, 0) is 44.9 Å². The molecule has 0 bridgehead atoms. The fraction of sp³-hybridized carbons (Fsp3) is 0.400. The van der Waals surface area contributed by atoms with E-state index in [1.807, 2.05) is 4.57 Å². The van der Waals surface area contributed by atoms with Crippen molar-refractivity contribution >= 4 is 17.3 Å². The molecule has 1 aliphatic rings. The summed E-state index contributed by atoms with van der Waals surface area (Å²) in [6.45, 7) is 3.59. The molecule has 0 atom stereocenters. The molecule has 0 saturated carbocycles. The van der Waals surface area contributed by atoms with Crippen molar-refractivity contribution in [3.63, 3.8) is 0 Å². The number of aryl methyl sites for hydroxylation is 2. The zero-order valence-electron chi connectivity index (χ0n) is 17.3. The molecule has 10 nitrogen and oxygen atoms in total. The molecule has 1 aliphatic heterocycles. The molecule has 3 aromatic rings. The van der Waals surface area contributed by atoms with Crippen LogP contribution in [0.1, 0.15) is 36.5 Å². The van der Waals surface area contributed by atoms with Crippen molar-refractivity contribution in [3.05, 3.63) is 51.3 Å². The summed E-state index contributed by atoms with van der Waals surface area (Å²) in [6, 6.07) is 4.26. The van der Waals surface area contributed by atoms with Crippen LogP contribution in [0.3, 0.4) is 0 Å². The maximum Gasteiger partial charge on any atom is 0.312 e. The molecule has 0 fully saturated rings. The van der Waals surface area contributed by atoms with Gasteiger partial charge in [-0.25, -0.2) is 4.39 Å². The number of carbonyl (C=O) groups excluding carboxylic acids is 1. The molecule has 1 aromatic carbocycles. The first-order chi connectivity index (χ1) is 14.8. The van der Waals surface area contributed by atoms with Gasteiger partial charge in [0, 0.05) is 18.7 Å². The number of rotatable bonds is 5. The highest BCUT2D eigenvalue weighted by Crippen LogP contribution is 2.28. The maximum absolute atomic E-state index is 14.6.